The Bertz CT molecular complexity index is 1130. The molecule has 6 nitrogen and oxygen atoms in total. The highest BCUT2D eigenvalue weighted by atomic mass is 32.2. The number of hydrogen-bond acceptors (Lipinski definition) is 5. The monoisotopic (exact) mass is 436 g/mol. The van der Waals surface area contributed by atoms with Crippen LogP contribution in [0.5, 0.6) is 0 Å². The fraction of sp³-hybridized carbons (Fsp3) is 0.375. The molecule has 3 aromatic rings. The van der Waals surface area contributed by atoms with E-state index >= 15 is 0 Å². The summed E-state index contributed by atoms with van der Waals surface area (Å²) in [6.45, 7) is 4.54. The minimum Gasteiger partial charge on any atom is -0.265 e. The van der Waals surface area contributed by atoms with Crippen molar-refractivity contribution in [2.75, 3.05) is 6.54 Å². The molecule has 1 aromatic carbocycles. The summed E-state index contributed by atoms with van der Waals surface area (Å²) in [6, 6.07) is 10.6. The second kappa shape index (κ2) is 9.24. The fourth-order valence-corrected chi connectivity index (χ4v) is 5.76. The van der Waals surface area contributed by atoms with Crippen LogP contribution in [-0.4, -0.2) is 34.2 Å². The zero-order valence-electron chi connectivity index (χ0n) is 18.0. The number of nitrogens with zero attached hydrogens (tertiary/aromatic N) is 4. The van der Waals surface area contributed by atoms with Crippen molar-refractivity contribution in [1.82, 2.24) is 19.3 Å². The Morgan fingerprint density at radius 3 is 2.52 bits per heavy atom. The van der Waals surface area contributed by atoms with Gasteiger partial charge in [0.25, 0.3) is 0 Å². The summed E-state index contributed by atoms with van der Waals surface area (Å²) in [6.07, 6.45) is 9.57. The molecular weight excluding hydrogens is 408 g/mol. The van der Waals surface area contributed by atoms with Crippen LogP contribution in [0.4, 0.5) is 0 Å². The highest BCUT2D eigenvalue weighted by Crippen LogP contribution is 2.38. The molecule has 0 amide bonds. The van der Waals surface area contributed by atoms with Gasteiger partial charge in [-0.15, -0.1) is 0 Å². The van der Waals surface area contributed by atoms with Crippen LogP contribution in [0.25, 0.3) is 11.1 Å². The Hall–Kier alpha value is -2.64. The molecule has 3 heterocycles. The first-order valence-electron chi connectivity index (χ1n) is 10.9. The van der Waals surface area contributed by atoms with E-state index in [0.29, 0.717) is 11.4 Å². The number of aryl methyl sites for hydroxylation is 2. The van der Waals surface area contributed by atoms with Crippen LogP contribution < -0.4 is 0 Å². The average molecular weight is 437 g/mol. The Balaban J connectivity index is 1.82. The number of aromatic nitrogens is 3. The number of hydrogen-bond donors (Lipinski definition) is 0. The summed E-state index contributed by atoms with van der Waals surface area (Å²) < 4.78 is 28.9. The molecule has 4 rings (SSSR count). The van der Waals surface area contributed by atoms with Gasteiger partial charge in [-0.3, -0.25) is 4.98 Å². The molecule has 1 saturated heterocycles. The number of benzene rings is 1. The Morgan fingerprint density at radius 1 is 1.06 bits per heavy atom. The zero-order chi connectivity index (χ0) is 21.8. The lowest BCUT2D eigenvalue weighted by atomic mass is 9.96. The maximum absolute atomic E-state index is 13.6. The van der Waals surface area contributed by atoms with Crippen molar-refractivity contribution in [1.29, 1.82) is 0 Å². The topological polar surface area (TPSA) is 76.1 Å². The molecule has 2 aromatic heterocycles. The second-order valence-corrected chi connectivity index (χ2v) is 9.90. The third-order valence-electron chi connectivity index (χ3n) is 5.73. The van der Waals surface area contributed by atoms with Crippen LogP contribution in [0, 0.1) is 6.92 Å². The van der Waals surface area contributed by atoms with Crippen molar-refractivity contribution < 1.29 is 8.42 Å². The first kappa shape index (κ1) is 21.6. The van der Waals surface area contributed by atoms with Gasteiger partial charge in [0.05, 0.1) is 16.6 Å². The largest absolute Gasteiger partial charge is 0.265 e. The van der Waals surface area contributed by atoms with Crippen molar-refractivity contribution in [3.63, 3.8) is 0 Å². The Morgan fingerprint density at radius 2 is 1.81 bits per heavy atom. The van der Waals surface area contributed by atoms with E-state index in [1.807, 2.05) is 37.4 Å². The molecule has 31 heavy (non-hydrogen) atoms. The average Bonchev–Trinajstić information content (AvgIpc) is 2.80. The first-order chi connectivity index (χ1) is 15.0. The number of sulfonamides is 1. The summed E-state index contributed by atoms with van der Waals surface area (Å²) in [4.78, 5) is 13.9. The molecule has 0 radical (unpaired) electrons. The van der Waals surface area contributed by atoms with E-state index in [0.717, 1.165) is 60.3 Å². The van der Waals surface area contributed by atoms with Crippen LogP contribution >= 0.6 is 0 Å². The molecule has 7 heteroatoms. The van der Waals surface area contributed by atoms with E-state index in [1.165, 1.54) is 0 Å². The second-order valence-electron chi connectivity index (χ2n) is 8.01. The molecule has 1 aliphatic heterocycles. The van der Waals surface area contributed by atoms with Crippen molar-refractivity contribution in [2.24, 2.45) is 0 Å². The van der Waals surface area contributed by atoms with Gasteiger partial charge in [-0.1, -0.05) is 31.0 Å². The van der Waals surface area contributed by atoms with Gasteiger partial charge in [0.1, 0.15) is 5.82 Å². The van der Waals surface area contributed by atoms with Gasteiger partial charge in [0.15, 0.2) is 0 Å². The summed E-state index contributed by atoms with van der Waals surface area (Å²) in [7, 11) is -3.64. The number of rotatable bonds is 6. The highest BCUT2D eigenvalue weighted by Gasteiger charge is 2.36. The van der Waals surface area contributed by atoms with Gasteiger partial charge in [-0.05, 0) is 56.0 Å². The van der Waals surface area contributed by atoms with Crippen LogP contribution in [0.2, 0.25) is 0 Å². The maximum Gasteiger partial charge on any atom is 0.243 e. The van der Waals surface area contributed by atoms with Crippen molar-refractivity contribution in [2.45, 2.75) is 56.9 Å². The lowest BCUT2D eigenvalue weighted by molar-refractivity contribution is 0.251. The molecule has 1 atom stereocenters. The Kier molecular flexibility index (Phi) is 6.43. The van der Waals surface area contributed by atoms with Crippen LogP contribution in [0.3, 0.4) is 0 Å². The van der Waals surface area contributed by atoms with Crippen molar-refractivity contribution in [3.05, 3.63) is 72.1 Å². The van der Waals surface area contributed by atoms with E-state index in [2.05, 4.69) is 16.9 Å². The minimum absolute atomic E-state index is 0.318. The molecule has 0 spiro atoms. The molecule has 0 saturated carbocycles. The van der Waals surface area contributed by atoms with E-state index in [9.17, 15) is 8.42 Å². The van der Waals surface area contributed by atoms with Gasteiger partial charge < -0.3 is 0 Å². The molecule has 0 aliphatic carbocycles. The summed E-state index contributed by atoms with van der Waals surface area (Å²) in [5.41, 5.74) is 3.65. The van der Waals surface area contributed by atoms with Crippen LogP contribution in [-0.2, 0) is 16.4 Å². The van der Waals surface area contributed by atoms with Crippen LogP contribution in [0.15, 0.2) is 59.9 Å². The highest BCUT2D eigenvalue weighted by molar-refractivity contribution is 7.89. The Labute approximate surface area is 184 Å². The zero-order valence-corrected chi connectivity index (χ0v) is 18.8. The number of pyridine rings is 1. The summed E-state index contributed by atoms with van der Waals surface area (Å²) in [5.74, 6) is 0.758. The standard InChI is InChI=1S/C24H28N4O2S/c1-3-6-23-26-17-21(19-12-14-25-15-13-19)24(27-23)22-7-4-5-16-28(22)31(29,30)20-10-8-18(2)9-11-20/h8-15,17,22H,3-7,16H2,1-2H3/t22-/m1/s1. The predicted molar refractivity (Wildman–Crippen MR) is 121 cm³/mol. The van der Waals surface area contributed by atoms with Gasteiger partial charge in [0, 0.05) is 37.1 Å². The maximum atomic E-state index is 13.6. The first-order valence-corrected chi connectivity index (χ1v) is 12.3. The third-order valence-corrected chi connectivity index (χ3v) is 7.65. The molecule has 1 aliphatic rings. The SMILES string of the molecule is CCCc1ncc(-c2ccncc2)c([C@H]2CCCCN2S(=O)(=O)c2ccc(C)cc2)n1. The smallest absolute Gasteiger partial charge is 0.243 e. The normalized spacial score (nSPS) is 17.5. The summed E-state index contributed by atoms with van der Waals surface area (Å²) >= 11 is 0. The third kappa shape index (κ3) is 4.52. The van der Waals surface area contributed by atoms with Gasteiger partial charge in [-0.25, -0.2) is 18.4 Å². The molecular formula is C24H28N4O2S. The van der Waals surface area contributed by atoms with E-state index in [4.69, 9.17) is 4.98 Å². The van der Waals surface area contributed by atoms with Crippen molar-refractivity contribution in [3.8, 4) is 11.1 Å². The van der Waals surface area contributed by atoms with Crippen molar-refractivity contribution >= 4 is 10.0 Å². The van der Waals surface area contributed by atoms with E-state index in [-0.39, 0.29) is 6.04 Å². The fourth-order valence-electron chi connectivity index (χ4n) is 4.10. The quantitative estimate of drug-likeness (QED) is 0.559. The predicted octanol–water partition coefficient (Wildman–Crippen LogP) is 4.72. The van der Waals surface area contributed by atoms with E-state index < -0.39 is 10.0 Å². The van der Waals surface area contributed by atoms with Gasteiger partial charge >= 0.3 is 0 Å². The molecule has 162 valence electrons. The van der Waals surface area contributed by atoms with E-state index in [1.54, 1.807) is 28.8 Å². The van der Waals surface area contributed by atoms with Crippen LogP contribution in [0.1, 0.15) is 55.7 Å². The summed E-state index contributed by atoms with van der Waals surface area (Å²) in [5, 5.41) is 0. The lowest BCUT2D eigenvalue weighted by Crippen LogP contribution is -2.39. The lowest BCUT2D eigenvalue weighted by Gasteiger charge is -2.35. The van der Waals surface area contributed by atoms with Gasteiger partial charge in [0.2, 0.25) is 10.0 Å². The van der Waals surface area contributed by atoms with Gasteiger partial charge in [-0.2, -0.15) is 4.31 Å². The molecule has 0 N–H and O–H groups in total. The minimum atomic E-state index is -3.64. The number of piperidine rings is 1. The molecule has 0 unspecified atom stereocenters. The molecule has 1 fully saturated rings. The molecule has 0 bridgehead atoms.